The molecule has 0 saturated carbocycles. The van der Waals surface area contributed by atoms with Crippen molar-refractivity contribution in [3.63, 3.8) is 0 Å². The molecule has 1 atom stereocenters. The van der Waals surface area contributed by atoms with Crippen LogP contribution in [-0.2, 0) is 6.54 Å². The summed E-state index contributed by atoms with van der Waals surface area (Å²) in [7, 11) is 0. The molecule has 2 aromatic carbocycles. The average molecular weight is 499 g/mol. The van der Waals surface area contributed by atoms with E-state index in [-0.39, 0.29) is 16.4 Å². The molecule has 0 spiro atoms. The Bertz CT molecular complexity index is 1370. The largest absolute Gasteiger partial charge is 0.309 e. The Morgan fingerprint density at radius 3 is 2.65 bits per heavy atom. The number of rotatable bonds is 7. The standard InChI is InChI=1S/C23H23BrN4O2S/c1-3-4-7-12-28-22(30)17-13-15(24)10-11-19(17)26-23(28)31-14(2)20-25-18-9-6-5-8-16(18)21(29)27-20/h5-6,8-11,13-14H,3-4,7,12H2,1-2H3,(H,25,27,29)/t14-/m0/s1. The van der Waals surface area contributed by atoms with E-state index in [0.29, 0.717) is 39.3 Å². The van der Waals surface area contributed by atoms with Crippen LogP contribution in [0.1, 0.15) is 44.2 Å². The van der Waals surface area contributed by atoms with Crippen molar-refractivity contribution < 1.29 is 0 Å². The highest BCUT2D eigenvalue weighted by Crippen LogP contribution is 2.32. The molecule has 6 nitrogen and oxygen atoms in total. The average Bonchev–Trinajstić information content (AvgIpc) is 2.76. The van der Waals surface area contributed by atoms with E-state index in [1.54, 1.807) is 10.6 Å². The molecule has 1 N–H and O–H groups in total. The van der Waals surface area contributed by atoms with E-state index in [9.17, 15) is 9.59 Å². The van der Waals surface area contributed by atoms with Gasteiger partial charge in [-0.05, 0) is 43.7 Å². The summed E-state index contributed by atoms with van der Waals surface area (Å²) in [5.74, 6) is 0.568. The molecule has 4 aromatic rings. The van der Waals surface area contributed by atoms with Gasteiger partial charge in [0.25, 0.3) is 11.1 Å². The van der Waals surface area contributed by atoms with E-state index >= 15 is 0 Å². The molecule has 0 aliphatic rings. The number of unbranched alkanes of at least 4 members (excludes halogenated alkanes) is 2. The quantitative estimate of drug-likeness (QED) is 0.208. The predicted octanol–water partition coefficient (Wildman–Crippen LogP) is 5.44. The summed E-state index contributed by atoms with van der Waals surface area (Å²) < 4.78 is 2.61. The van der Waals surface area contributed by atoms with E-state index < -0.39 is 0 Å². The van der Waals surface area contributed by atoms with Gasteiger partial charge in [0.1, 0.15) is 5.82 Å². The molecule has 2 aromatic heterocycles. The van der Waals surface area contributed by atoms with E-state index in [1.165, 1.54) is 11.8 Å². The van der Waals surface area contributed by atoms with Gasteiger partial charge in [-0.1, -0.05) is 59.6 Å². The molecule has 0 radical (unpaired) electrons. The zero-order valence-electron chi connectivity index (χ0n) is 17.4. The summed E-state index contributed by atoms with van der Waals surface area (Å²) >= 11 is 4.89. The highest BCUT2D eigenvalue weighted by Gasteiger charge is 2.18. The van der Waals surface area contributed by atoms with Crippen molar-refractivity contribution >= 4 is 49.5 Å². The molecule has 0 unspecified atom stereocenters. The molecule has 31 heavy (non-hydrogen) atoms. The number of thioether (sulfide) groups is 1. The fourth-order valence-electron chi connectivity index (χ4n) is 3.49. The predicted molar refractivity (Wildman–Crippen MR) is 130 cm³/mol. The third kappa shape index (κ3) is 4.60. The molecular formula is C23H23BrN4O2S. The highest BCUT2D eigenvalue weighted by atomic mass is 79.9. The summed E-state index contributed by atoms with van der Waals surface area (Å²) in [6, 6.07) is 12.8. The minimum absolute atomic E-state index is 0.0444. The third-order valence-corrected chi connectivity index (χ3v) is 6.76. The SMILES string of the molecule is CCCCCn1c(S[C@@H](C)c2nc3ccccc3c(=O)[nH]2)nc2ccc(Br)cc2c1=O. The number of hydrogen-bond acceptors (Lipinski definition) is 5. The number of halogens is 1. The first kappa shape index (κ1) is 21.8. The Morgan fingerprint density at radius 2 is 1.84 bits per heavy atom. The van der Waals surface area contributed by atoms with Crippen molar-refractivity contribution in [1.82, 2.24) is 19.5 Å². The van der Waals surface area contributed by atoms with Crippen LogP contribution in [-0.4, -0.2) is 19.5 Å². The van der Waals surface area contributed by atoms with Crippen LogP contribution < -0.4 is 11.1 Å². The van der Waals surface area contributed by atoms with Gasteiger partial charge in [-0.15, -0.1) is 0 Å². The van der Waals surface area contributed by atoms with Crippen molar-refractivity contribution in [3.05, 3.63) is 73.5 Å². The molecule has 0 bridgehead atoms. The van der Waals surface area contributed by atoms with Crippen molar-refractivity contribution in [1.29, 1.82) is 0 Å². The first-order valence-corrected chi connectivity index (χ1v) is 12.0. The lowest BCUT2D eigenvalue weighted by molar-refractivity contribution is 0.541. The normalized spacial score (nSPS) is 12.5. The van der Waals surface area contributed by atoms with Gasteiger partial charge in [0.2, 0.25) is 0 Å². The van der Waals surface area contributed by atoms with E-state index in [0.717, 1.165) is 23.7 Å². The van der Waals surface area contributed by atoms with Crippen LogP contribution in [0.3, 0.4) is 0 Å². The van der Waals surface area contributed by atoms with Crippen LogP contribution >= 0.6 is 27.7 Å². The second-order valence-electron chi connectivity index (χ2n) is 7.45. The van der Waals surface area contributed by atoms with Gasteiger partial charge < -0.3 is 4.98 Å². The van der Waals surface area contributed by atoms with E-state index in [2.05, 4.69) is 32.8 Å². The number of fused-ring (bicyclic) bond motifs is 2. The Labute approximate surface area is 192 Å². The first-order valence-electron chi connectivity index (χ1n) is 10.3. The van der Waals surface area contributed by atoms with Gasteiger partial charge in [0.05, 0.1) is 27.1 Å². The molecule has 0 amide bonds. The summed E-state index contributed by atoms with van der Waals surface area (Å²) in [4.78, 5) is 38.1. The van der Waals surface area contributed by atoms with Gasteiger partial charge in [-0.25, -0.2) is 9.97 Å². The second kappa shape index (κ2) is 9.36. The fourth-order valence-corrected chi connectivity index (χ4v) is 4.84. The Hall–Kier alpha value is -2.45. The summed E-state index contributed by atoms with van der Waals surface area (Å²) in [6.07, 6.45) is 3.02. The lowest BCUT2D eigenvalue weighted by Crippen LogP contribution is -2.24. The number of aromatic amines is 1. The zero-order valence-corrected chi connectivity index (χ0v) is 19.8. The van der Waals surface area contributed by atoms with Gasteiger partial charge in [-0.3, -0.25) is 14.2 Å². The van der Waals surface area contributed by atoms with Gasteiger partial charge in [-0.2, -0.15) is 0 Å². The minimum atomic E-state index is -0.186. The van der Waals surface area contributed by atoms with E-state index in [4.69, 9.17) is 4.98 Å². The maximum absolute atomic E-state index is 13.3. The number of nitrogens with zero attached hydrogens (tertiary/aromatic N) is 3. The number of para-hydroxylation sites is 1. The smallest absolute Gasteiger partial charge is 0.262 e. The third-order valence-electron chi connectivity index (χ3n) is 5.16. The van der Waals surface area contributed by atoms with Gasteiger partial charge >= 0.3 is 0 Å². The highest BCUT2D eigenvalue weighted by molar-refractivity contribution is 9.10. The molecule has 0 fully saturated rings. The topological polar surface area (TPSA) is 80.6 Å². The van der Waals surface area contributed by atoms with Crippen molar-refractivity contribution in [2.24, 2.45) is 0 Å². The molecule has 0 aliphatic carbocycles. The maximum atomic E-state index is 13.3. The Morgan fingerprint density at radius 1 is 1.06 bits per heavy atom. The number of hydrogen-bond donors (Lipinski definition) is 1. The number of nitrogens with one attached hydrogen (secondary N) is 1. The van der Waals surface area contributed by atoms with Crippen LogP contribution in [0.15, 0.2) is 61.7 Å². The molecule has 160 valence electrons. The number of H-pyrrole nitrogens is 1. The number of aromatic nitrogens is 4. The lowest BCUT2D eigenvalue weighted by atomic mass is 10.2. The fraction of sp³-hybridized carbons (Fsp3) is 0.304. The molecular weight excluding hydrogens is 476 g/mol. The Kier molecular flexibility index (Phi) is 6.57. The minimum Gasteiger partial charge on any atom is -0.309 e. The van der Waals surface area contributed by atoms with Gasteiger partial charge in [0, 0.05) is 11.0 Å². The monoisotopic (exact) mass is 498 g/mol. The molecule has 0 saturated heterocycles. The van der Waals surface area contributed by atoms with Crippen LogP contribution in [0, 0.1) is 0 Å². The molecule has 2 heterocycles. The van der Waals surface area contributed by atoms with Gasteiger partial charge in [0.15, 0.2) is 5.16 Å². The maximum Gasteiger partial charge on any atom is 0.262 e. The van der Waals surface area contributed by atoms with Crippen LogP contribution in [0.25, 0.3) is 21.8 Å². The summed E-state index contributed by atoms with van der Waals surface area (Å²) in [5, 5.41) is 1.61. The molecule has 0 aliphatic heterocycles. The zero-order chi connectivity index (χ0) is 22.0. The van der Waals surface area contributed by atoms with Crippen LogP contribution in [0.4, 0.5) is 0 Å². The second-order valence-corrected chi connectivity index (χ2v) is 9.67. The van der Waals surface area contributed by atoms with Crippen molar-refractivity contribution in [3.8, 4) is 0 Å². The Balaban J connectivity index is 1.76. The van der Waals surface area contributed by atoms with Crippen molar-refractivity contribution in [2.75, 3.05) is 0 Å². The molecule has 4 rings (SSSR count). The summed E-state index contributed by atoms with van der Waals surface area (Å²) in [6.45, 7) is 4.71. The van der Waals surface area contributed by atoms with Crippen molar-refractivity contribution in [2.45, 2.75) is 50.1 Å². The van der Waals surface area contributed by atoms with E-state index in [1.807, 2.05) is 43.3 Å². The first-order chi connectivity index (χ1) is 15.0. The number of benzene rings is 2. The van der Waals surface area contributed by atoms with Crippen LogP contribution in [0.5, 0.6) is 0 Å². The lowest BCUT2D eigenvalue weighted by Gasteiger charge is -2.16. The van der Waals surface area contributed by atoms with Crippen LogP contribution in [0.2, 0.25) is 0 Å². The summed E-state index contributed by atoms with van der Waals surface area (Å²) in [5.41, 5.74) is 1.11. The molecule has 8 heteroatoms.